The van der Waals surface area contributed by atoms with Gasteiger partial charge < -0.3 is 25.2 Å². The number of phosphoric ester groups is 1. The van der Waals surface area contributed by atoms with E-state index in [9.17, 15) is 34.1 Å². The predicted octanol–water partition coefficient (Wildman–Crippen LogP) is 10.5. The van der Waals surface area contributed by atoms with E-state index < -0.39 is 57.6 Å². The van der Waals surface area contributed by atoms with Crippen molar-refractivity contribution < 1.29 is 47.8 Å². The van der Waals surface area contributed by atoms with Crippen molar-refractivity contribution in [3.8, 4) is 0 Å². The SMILES string of the molecule is CCCCC/C=C\CCCCCCCC(=O)OCC(O)COP(=O)(O)OCC(NC(=O)CCCCCCCCCCCCCCCCCCC)C(=O)O. The number of aliphatic hydroxyl groups excluding tert-OH is 1. The highest BCUT2D eigenvalue weighted by Gasteiger charge is 2.28. The molecular formula is C41H78NO10P. The summed E-state index contributed by atoms with van der Waals surface area (Å²) in [6.45, 7) is 2.57. The molecular weight excluding hydrogens is 697 g/mol. The molecule has 0 aliphatic carbocycles. The van der Waals surface area contributed by atoms with Crippen LogP contribution in [0.5, 0.6) is 0 Å². The van der Waals surface area contributed by atoms with Crippen LogP contribution < -0.4 is 5.32 Å². The van der Waals surface area contributed by atoms with Gasteiger partial charge in [0.1, 0.15) is 12.7 Å². The standard InChI is InChI=1S/C41H78NO10P/c1-3-5-7-9-11-13-15-17-18-19-20-21-22-24-26-28-30-32-39(44)42-38(41(46)47)36-52-53(48,49)51-35-37(43)34-50-40(45)33-31-29-27-25-23-16-14-12-10-8-6-4-2/h12,14,37-38,43H,3-11,13,15-36H2,1-2H3,(H,42,44)(H,46,47)(H,48,49)/b14-12-. The lowest BCUT2D eigenvalue weighted by Crippen LogP contribution is -2.43. The number of amides is 1. The Bertz CT molecular complexity index is 963. The summed E-state index contributed by atoms with van der Waals surface area (Å²) in [5, 5.41) is 21.8. The Hall–Kier alpha value is -1.78. The molecule has 0 rings (SSSR count). The van der Waals surface area contributed by atoms with Crippen molar-refractivity contribution in [2.24, 2.45) is 0 Å². The van der Waals surface area contributed by atoms with Crippen molar-refractivity contribution in [2.45, 2.75) is 212 Å². The van der Waals surface area contributed by atoms with E-state index in [1.54, 1.807) is 0 Å². The summed E-state index contributed by atoms with van der Waals surface area (Å²) in [7, 11) is -4.75. The maximum atomic E-state index is 12.3. The molecule has 0 aromatic rings. The Balaban J connectivity index is 3.90. The largest absolute Gasteiger partial charge is 0.480 e. The second kappa shape index (κ2) is 37.2. The van der Waals surface area contributed by atoms with Crippen molar-refractivity contribution in [2.75, 3.05) is 19.8 Å². The minimum atomic E-state index is -4.75. The van der Waals surface area contributed by atoms with E-state index in [0.717, 1.165) is 57.8 Å². The first-order valence-corrected chi connectivity index (χ1v) is 22.7. The van der Waals surface area contributed by atoms with Gasteiger partial charge in [-0.1, -0.05) is 161 Å². The fourth-order valence-corrected chi connectivity index (χ4v) is 6.73. The molecule has 0 aromatic carbocycles. The Morgan fingerprint density at radius 1 is 0.585 bits per heavy atom. The van der Waals surface area contributed by atoms with Crippen molar-refractivity contribution in [1.29, 1.82) is 0 Å². The summed E-state index contributed by atoms with van der Waals surface area (Å²) in [6, 6.07) is -1.54. The number of carbonyl (C=O) groups excluding carboxylic acids is 2. The fraction of sp³-hybridized carbons (Fsp3) is 0.878. The third kappa shape index (κ3) is 36.9. The van der Waals surface area contributed by atoms with Crippen LogP contribution in [0.15, 0.2) is 12.2 Å². The maximum absolute atomic E-state index is 12.3. The van der Waals surface area contributed by atoms with Gasteiger partial charge in [-0.25, -0.2) is 9.36 Å². The Morgan fingerprint density at radius 2 is 0.981 bits per heavy atom. The van der Waals surface area contributed by atoms with Crippen LogP contribution in [0, 0.1) is 0 Å². The van der Waals surface area contributed by atoms with Crippen molar-refractivity contribution in [1.82, 2.24) is 5.32 Å². The Morgan fingerprint density at radius 3 is 1.47 bits per heavy atom. The number of aliphatic carboxylic acids is 1. The molecule has 0 radical (unpaired) electrons. The number of hydrogen-bond acceptors (Lipinski definition) is 8. The van der Waals surface area contributed by atoms with Gasteiger partial charge in [0.15, 0.2) is 6.04 Å². The highest BCUT2D eigenvalue weighted by atomic mass is 31.2. The second-order valence-corrected chi connectivity index (χ2v) is 16.0. The molecule has 0 spiro atoms. The van der Waals surface area contributed by atoms with Crippen LogP contribution in [0.3, 0.4) is 0 Å². The quantitative estimate of drug-likeness (QED) is 0.0203. The third-order valence-corrected chi connectivity index (χ3v) is 10.3. The molecule has 0 heterocycles. The molecule has 0 aromatic heterocycles. The highest BCUT2D eigenvalue weighted by molar-refractivity contribution is 7.47. The summed E-state index contributed by atoms with van der Waals surface area (Å²) < 4.78 is 26.8. The zero-order valence-corrected chi connectivity index (χ0v) is 34.5. The molecule has 3 unspecified atom stereocenters. The number of carboxylic acids is 1. The normalized spacial score (nSPS) is 13.9. The van der Waals surface area contributed by atoms with Gasteiger partial charge >= 0.3 is 19.8 Å². The monoisotopic (exact) mass is 776 g/mol. The highest BCUT2D eigenvalue weighted by Crippen LogP contribution is 2.43. The molecule has 0 saturated carbocycles. The van der Waals surface area contributed by atoms with Gasteiger partial charge in [-0.15, -0.1) is 0 Å². The Kier molecular flexibility index (Phi) is 35.9. The number of carbonyl (C=O) groups is 3. The van der Waals surface area contributed by atoms with Crippen LogP contribution in [0.2, 0.25) is 0 Å². The van der Waals surface area contributed by atoms with Crippen LogP contribution in [0.25, 0.3) is 0 Å². The van der Waals surface area contributed by atoms with E-state index in [1.165, 1.54) is 103 Å². The van der Waals surface area contributed by atoms with Gasteiger partial charge in [-0.2, -0.15) is 0 Å². The number of esters is 1. The smallest absolute Gasteiger partial charge is 0.472 e. The summed E-state index contributed by atoms with van der Waals surface area (Å²) >= 11 is 0. The Labute approximate surface area is 322 Å². The molecule has 1 amide bonds. The maximum Gasteiger partial charge on any atom is 0.472 e. The summed E-state index contributed by atoms with van der Waals surface area (Å²) in [5.74, 6) is -2.37. The van der Waals surface area contributed by atoms with Crippen molar-refractivity contribution in [3.05, 3.63) is 12.2 Å². The number of rotatable bonds is 40. The molecule has 0 aliphatic heterocycles. The number of allylic oxidation sites excluding steroid dienone is 2. The van der Waals surface area contributed by atoms with Crippen LogP contribution in [-0.4, -0.2) is 64.9 Å². The zero-order valence-electron chi connectivity index (χ0n) is 33.6. The number of nitrogens with one attached hydrogen (secondary N) is 1. The average molecular weight is 776 g/mol. The summed E-state index contributed by atoms with van der Waals surface area (Å²) in [5.41, 5.74) is 0. The van der Waals surface area contributed by atoms with Crippen LogP contribution >= 0.6 is 7.82 Å². The van der Waals surface area contributed by atoms with E-state index in [4.69, 9.17) is 13.8 Å². The molecule has 0 saturated heterocycles. The number of phosphoric acid groups is 1. The van der Waals surface area contributed by atoms with Gasteiger partial charge in [-0.05, 0) is 38.5 Å². The molecule has 0 fully saturated rings. The number of hydrogen-bond donors (Lipinski definition) is 4. The lowest BCUT2D eigenvalue weighted by Gasteiger charge is -2.18. The molecule has 4 N–H and O–H groups in total. The third-order valence-electron chi connectivity index (χ3n) is 9.30. The van der Waals surface area contributed by atoms with E-state index in [1.807, 2.05) is 0 Å². The summed E-state index contributed by atoms with van der Waals surface area (Å²) in [4.78, 5) is 45.8. The molecule has 3 atom stereocenters. The molecule has 53 heavy (non-hydrogen) atoms. The fourth-order valence-electron chi connectivity index (χ4n) is 5.96. The minimum absolute atomic E-state index is 0.151. The van der Waals surface area contributed by atoms with Gasteiger partial charge in [0.05, 0.1) is 13.2 Å². The molecule has 12 heteroatoms. The lowest BCUT2D eigenvalue weighted by molar-refractivity contribution is -0.147. The van der Waals surface area contributed by atoms with Gasteiger partial charge in [0.2, 0.25) is 5.91 Å². The zero-order chi connectivity index (χ0) is 39.3. The first kappa shape index (κ1) is 51.2. The van der Waals surface area contributed by atoms with E-state index in [2.05, 4.69) is 31.3 Å². The van der Waals surface area contributed by atoms with E-state index >= 15 is 0 Å². The molecule has 0 bridgehead atoms. The lowest BCUT2D eigenvalue weighted by atomic mass is 10.0. The van der Waals surface area contributed by atoms with Crippen molar-refractivity contribution >= 4 is 25.7 Å². The topological polar surface area (TPSA) is 169 Å². The van der Waals surface area contributed by atoms with E-state index in [0.29, 0.717) is 12.8 Å². The first-order chi connectivity index (χ1) is 25.6. The number of aliphatic hydroxyl groups is 1. The average Bonchev–Trinajstić information content (AvgIpc) is 3.13. The number of unbranched alkanes of at least 4 members (excludes halogenated alkanes) is 24. The number of ether oxygens (including phenoxy) is 1. The second-order valence-electron chi connectivity index (χ2n) is 14.5. The van der Waals surface area contributed by atoms with Gasteiger partial charge in [0.25, 0.3) is 0 Å². The van der Waals surface area contributed by atoms with Gasteiger partial charge in [-0.3, -0.25) is 18.6 Å². The predicted molar refractivity (Wildman–Crippen MR) is 213 cm³/mol. The molecule has 11 nitrogen and oxygen atoms in total. The molecule has 312 valence electrons. The van der Waals surface area contributed by atoms with Crippen LogP contribution in [-0.2, 0) is 32.7 Å². The van der Waals surface area contributed by atoms with Crippen LogP contribution in [0.4, 0.5) is 0 Å². The first-order valence-electron chi connectivity index (χ1n) is 21.2. The molecule has 0 aliphatic rings. The minimum Gasteiger partial charge on any atom is -0.480 e. The number of carboxylic acid groups (broad SMARTS) is 1. The van der Waals surface area contributed by atoms with Gasteiger partial charge in [0, 0.05) is 12.8 Å². The van der Waals surface area contributed by atoms with Crippen molar-refractivity contribution in [3.63, 3.8) is 0 Å². The van der Waals surface area contributed by atoms with E-state index in [-0.39, 0.29) is 12.8 Å². The summed E-state index contributed by atoms with van der Waals surface area (Å²) in [6.07, 6.45) is 35.2. The van der Waals surface area contributed by atoms with Crippen LogP contribution in [0.1, 0.15) is 200 Å².